The van der Waals surface area contributed by atoms with Gasteiger partial charge < -0.3 is 19.9 Å². The fourth-order valence-electron chi connectivity index (χ4n) is 3.75. The number of carbonyl (C=O) groups is 1. The second kappa shape index (κ2) is 7.44. The first-order valence-electron chi connectivity index (χ1n) is 9.08. The maximum Gasteiger partial charge on any atom is 0.260 e. The molecular formula is C18H25F2N3O3. The third kappa shape index (κ3) is 4.48. The summed E-state index contributed by atoms with van der Waals surface area (Å²) >= 11 is 0. The Morgan fingerprint density at radius 2 is 1.88 bits per heavy atom. The summed E-state index contributed by atoms with van der Waals surface area (Å²) in [5.41, 5.74) is -1.33. The van der Waals surface area contributed by atoms with Gasteiger partial charge in [0.25, 0.3) is 17.4 Å². The van der Waals surface area contributed by atoms with Crippen LogP contribution in [-0.4, -0.2) is 70.0 Å². The van der Waals surface area contributed by atoms with E-state index >= 15 is 0 Å². The van der Waals surface area contributed by atoms with E-state index in [1.807, 2.05) is 4.90 Å². The van der Waals surface area contributed by atoms with E-state index in [-0.39, 0.29) is 37.4 Å². The molecule has 0 radical (unpaired) electrons. The second-order valence-corrected chi connectivity index (χ2v) is 7.42. The molecule has 1 aromatic heterocycles. The summed E-state index contributed by atoms with van der Waals surface area (Å²) in [5, 5.41) is 10.9. The number of amides is 1. The van der Waals surface area contributed by atoms with E-state index in [0.717, 1.165) is 0 Å². The monoisotopic (exact) mass is 369 g/mol. The van der Waals surface area contributed by atoms with Crippen LogP contribution in [0, 0.1) is 0 Å². The molecule has 6 nitrogen and oxygen atoms in total. The van der Waals surface area contributed by atoms with Gasteiger partial charge in [-0.25, -0.2) is 8.78 Å². The number of hydrogen-bond acceptors (Lipinski definition) is 4. The van der Waals surface area contributed by atoms with Gasteiger partial charge in [0.2, 0.25) is 0 Å². The minimum atomic E-state index is -2.60. The molecule has 26 heavy (non-hydrogen) atoms. The van der Waals surface area contributed by atoms with Crippen molar-refractivity contribution in [3.05, 3.63) is 34.2 Å². The van der Waals surface area contributed by atoms with E-state index in [1.165, 1.54) is 12.3 Å². The van der Waals surface area contributed by atoms with Crippen molar-refractivity contribution in [2.45, 2.75) is 43.6 Å². The standard InChI is InChI=1S/C18H25F2N3O3/c19-18(20)6-10-22(11-7-18)13-17(26)4-2-9-23(12-5-17)16(25)14-3-1-8-21-15(14)24/h1,3,8,26H,2,4-7,9-13H2,(H,21,24). The molecule has 2 aliphatic rings. The van der Waals surface area contributed by atoms with Gasteiger partial charge in [0.1, 0.15) is 5.56 Å². The van der Waals surface area contributed by atoms with Crippen LogP contribution in [0.5, 0.6) is 0 Å². The van der Waals surface area contributed by atoms with Crippen molar-refractivity contribution in [1.29, 1.82) is 0 Å². The highest BCUT2D eigenvalue weighted by Crippen LogP contribution is 2.30. The number of piperidine rings is 1. The SMILES string of the molecule is O=C(c1ccc[nH]c1=O)N1CCCC(O)(CN2CCC(F)(F)CC2)CC1. The Morgan fingerprint density at radius 3 is 2.58 bits per heavy atom. The summed E-state index contributed by atoms with van der Waals surface area (Å²) in [6.07, 6.45) is 2.61. The van der Waals surface area contributed by atoms with E-state index in [2.05, 4.69) is 4.98 Å². The molecule has 1 atom stereocenters. The van der Waals surface area contributed by atoms with E-state index in [0.29, 0.717) is 38.9 Å². The number of β-amino-alcohol motifs (C(OH)–C–C–N with tert-alkyl or cyclic N) is 1. The number of likely N-dealkylation sites (tertiary alicyclic amines) is 2. The summed E-state index contributed by atoms with van der Waals surface area (Å²) in [7, 11) is 0. The van der Waals surface area contributed by atoms with Crippen LogP contribution in [0.2, 0.25) is 0 Å². The number of alkyl halides is 2. The minimum Gasteiger partial charge on any atom is -0.388 e. The zero-order valence-corrected chi connectivity index (χ0v) is 14.7. The molecular weight excluding hydrogens is 344 g/mol. The summed E-state index contributed by atoms with van der Waals surface area (Å²) in [5.74, 6) is -2.94. The molecule has 1 amide bonds. The van der Waals surface area contributed by atoms with Gasteiger partial charge in [-0.15, -0.1) is 0 Å². The van der Waals surface area contributed by atoms with Crippen LogP contribution in [0.1, 0.15) is 42.5 Å². The fraction of sp³-hybridized carbons (Fsp3) is 0.667. The van der Waals surface area contributed by atoms with Gasteiger partial charge >= 0.3 is 0 Å². The maximum absolute atomic E-state index is 13.3. The molecule has 0 spiro atoms. The van der Waals surface area contributed by atoms with Crippen LogP contribution >= 0.6 is 0 Å². The van der Waals surface area contributed by atoms with Crippen molar-refractivity contribution in [1.82, 2.24) is 14.8 Å². The molecule has 2 saturated heterocycles. The number of halogens is 2. The molecule has 0 aromatic carbocycles. The predicted octanol–water partition coefficient (Wildman–Crippen LogP) is 1.46. The number of aromatic amines is 1. The minimum absolute atomic E-state index is 0.0937. The first-order chi connectivity index (χ1) is 12.3. The maximum atomic E-state index is 13.3. The van der Waals surface area contributed by atoms with Crippen molar-refractivity contribution >= 4 is 5.91 Å². The Bertz CT molecular complexity index is 699. The van der Waals surface area contributed by atoms with Crippen LogP contribution in [0.15, 0.2) is 23.1 Å². The third-order valence-electron chi connectivity index (χ3n) is 5.36. The van der Waals surface area contributed by atoms with Crippen molar-refractivity contribution in [2.75, 3.05) is 32.7 Å². The van der Waals surface area contributed by atoms with Gasteiger partial charge in [0, 0.05) is 51.8 Å². The van der Waals surface area contributed by atoms with Crippen LogP contribution in [0.3, 0.4) is 0 Å². The molecule has 8 heteroatoms. The van der Waals surface area contributed by atoms with Crippen LogP contribution in [0.25, 0.3) is 0 Å². The fourth-order valence-corrected chi connectivity index (χ4v) is 3.75. The topological polar surface area (TPSA) is 76.6 Å². The Morgan fingerprint density at radius 1 is 1.15 bits per heavy atom. The average Bonchev–Trinajstić information content (AvgIpc) is 2.79. The average molecular weight is 369 g/mol. The molecule has 3 rings (SSSR count). The summed E-state index contributed by atoms with van der Waals surface area (Å²) < 4.78 is 26.6. The normalized spacial score (nSPS) is 27.1. The van der Waals surface area contributed by atoms with Crippen LogP contribution in [-0.2, 0) is 0 Å². The quantitative estimate of drug-likeness (QED) is 0.846. The lowest BCUT2D eigenvalue weighted by Crippen LogP contribution is -2.48. The zero-order chi connectivity index (χ0) is 18.8. The molecule has 2 fully saturated rings. The van der Waals surface area contributed by atoms with Crippen LogP contribution < -0.4 is 5.56 Å². The van der Waals surface area contributed by atoms with E-state index in [9.17, 15) is 23.5 Å². The van der Waals surface area contributed by atoms with Gasteiger partial charge in [0.15, 0.2) is 0 Å². The highest BCUT2D eigenvalue weighted by molar-refractivity contribution is 5.93. The molecule has 0 aliphatic carbocycles. The van der Waals surface area contributed by atoms with Crippen LogP contribution in [0.4, 0.5) is 8.78 Å². The number of nitrogens with one attached hydrogen (secondary N) is 1. The van der Waals surface area contributed by atoms with Gasteiger partial charge in [-0.1, -0.05) is 0 Å². The number of hydrogen-bond donors (Lipinski definition) is 2. The zero-order valence-electron chi connectivity index (χ0n) is 14.7. The summed E-state index contributed by atoms with van der Waals surface area (Å²) in [4.78, 5) is 30.4. The third-order valence-corrected chi connectivity index (χ3v) is 5.36. The van der Waals surface area contributed by atoms with Crippen molar-refractivity contribution in [2.24, 2.45) is 0 Å². The molecule has 3 heterocycles. The Hall–Kier alpha value is -1.80. The Labute approximate surface area is 150 Å². The largest absolute Gasteiger partial charge is 0.388 e. The molecule has 0 saturated carbocycles. The molecule has 144 valence electrons. The first-order valence-corrected chi connectivity index (χ1v) is 9.08. The molecule has 2 N–H and O–H groups in total. The highest BCUT2D eigenvalue weighted by Gasteiger charge is 2.38. The van der Waals surface area contributed by atoms with Gasteiger partial charge in [-0.05, 0) is 31.4 Å². The number of aromatic nitrogens is 1. The van der Waals surface area contributed by atoms with E-state index in [1.54, 1.807) is 11.0 Å². The number of aliphatic hydroxyl groups is 1. The molecule has 1 unspecified atom stereocenters. The Balaban J connectivity index is 1.60. The predicted molar refractivity (Wildman–Crippen MR) is 92.4 cm³/mol. The van der Waals surface area contributed by atoms with Gasteiger partial charge in [-0.3, -0.25) is 9.59 Å². The molecule has 0 bridgehead atoms. The number of H-pyrrole nitrogens is 1. The molecule has 1 aromatic rings. The highest BCUT2D eigenvalue weighted by atomic mass is 19.3. The van der Waals surface area contributed by atoms with Crippen molar-refractivity contribution in [3.63, 3.8) is 0 Å². The number of carbonyl (C=O) groups excluding carboxylic acids is 1. The number of nitrogens with zero attached hydrogens (tertiary/aromatic N) is 2. The molecule has 2 aliphatic heterocycles. The van der Waals surface area contributed by atoms with Gasteiger partial charge in [-0.2, -0.15) is 0 Å². The van der Waals surface area contributed by atoms with Gasteiger partial charge in [0.05, 0.1) is 5.60 Å². The first kappa shape index (κ1) is 19.0. The lowest BCUT2D eigenvalue weighted by atomic mass is 9.93. The lowest BCUT2D eigenvalue weighted by Gasteiger charge is -2.37. The second-order valence-electron chi connectivity index (χ2n) is 7.42. The van der Waals surface area contributed by atoms with E-state index in [4.69, 9.17) is 0 Å². The van der Waals surface area contributed by atoms with E-state index < -0.39 is 17.1 Å². The van der Waals surface area contributed by atoms with Crippen molar-refractivity contribution < 1.29 is 18.7 Å². The smallest absolute Gasteiger partial charge is 0.260 e. The van der Waals surface area contributed by atoms with Crippen molar-refractivity contribution in [3.8, 4) is 0 Å². The summed E-state index contributed by atoms with van der Waals surface area (Å²) in [6.45, 7) is 1.70. The number of pyridine rings is 1. The Kier molecular flexibility index (Phi) is 5.43. The number of rotatable bonds is 3. The summed E-state index contributed by atoms with van der Waals surface area (Å²) in [6, 6.07) is 3.10. The lowest BCUT2D eigenvalue weighted by molar-refractivity contribution is -0.0768.